The minimum absolute atomic E-state index is 0.0316. The summed E-state index contributed by atoms with van der Waals surface area (Å²) in [6.07, 6.45) is 0. The van der Waals surface area contributed by atoms with Crippen molar-refractivity contribution in [2.24, 2.45) is 10.9 Å². The third kappa shape index (κ3) is 7.44. The topological polar surface area (TPSA) is 131 Å². The molecule has 146 valence electrons. The predicted molar refractivity (Wildman–Crippen MR) is 101 cm³/mol. The van der Waals surface area contributed by atoms with Gasteiger partial charge in [0.05, 0.1) is 16.8 Å². The summed E-state index contributed by atoms with van der Waals surface area (Å²) >= 11 is 3.05. The summed E-state index contributed by atoms with van der Waals surface area (Å²) in [5.41, 5.74) is 2.42. The molecule has 5 N–H and O–H groups in total. The number of hydroxylamine groups is 1. The predicted octanol–water partition coefficient (Wildman–Crippen LogP) is 3.38. The van der Waals surface area contributed by atoms with Gasteiger partial charge in [0.2, 0.25) is 5.82 Å². The second-order valence-corrected chi connectivity index (χ2v) is 4.78. The maximum absolute atomic E-state index is 13.2. The highest BCUT2D eigenvalue weighted by Gasteiger charge is 2.16. The van der Waals surface area contributed by atoms with Gasteiger partial charge >= 0.3 is 0 Å². The normalized spacial score (nSPS) is 10.2. The van der Waals surface area contributed by atoms with Gasteiger partial charge in [0.25, 0.3) is 0 Å². The summed E-state index contributed by atoms with van der Waals surface area (Å²) in [4.78, 5) is 8.52. The Bertz CT molecular complexity index is 669. The number of aromatic nitrogens is 2. The van der Waals surface area contributed by atoms with Crippen LogP contribution in [0.2, 0.25) is 0 Å². The van der Waals surface area contributed by atoms with E-state index in [1.54, 1.807) is 0 Å². The Balaban J connectivity index is 0.00000146. The Morgan fingerprint density at radius 1 is 1.35 bits per heavy atom. The molecule has 11 heteroatoms. The van der Waals surface area contributed by atoms with E-state index >= 15 is 0 Å². The van der Waals surface area contributed by atoms with E-state index < -0.39 is 5.82 Å². The Hall–Kier alpha value is -2.08. The lowest BCUT2D eigenvalue weighted by Gasteiger charge is -2.05. The minimum Gasteiger partial charge on any atom is -0.363 e. The highest BCUT2D eigenvalue weighted by molar-refractivity contribution is 9.10. The highest BCUT2D eigenvalue weighted by atomic mass is 79.9. The van der Waals surface area contributed by atoms with Crippen LogP contribution in [0.15, 0.2) is 32.3 Å². The molecule has 0 aliphatic rings. The molecule has 0 bridgehead atoms. The van der Waals surface area contributed by atoms with E-state index in [9.17, 15) is 9.60 Å². The van der Waals surface area contributed by atoms with E-state index in [4.69, 9.17) is 5.90 Å². The van der Waals surface area contributed by atoms with E-state index in [1.807, 2.05) is 33.2 Å². The molecule has 9 nitrogen and oxygen atoms in total. The quantitative estimate of drug-likeness (QED) is 0.235. The Labute approximate surface area is 159 Å². The average molecular weight is 435 g/mol. The lowest BCUT2D eigenvalue weighted by Crippen LogP contribution is -2.22. The summed E-state index contributed by atoms with van der Waals surface area (Å²) in [5.74, 6) is 4.69. The van der Waals surface area contributed by atoms with Crippen molar-refractivity contribution in [3.05, 3.63) is 34.2 Å². The number of hydrogen-bond acceptors (Lipinski definition) is 8. The molecule has 0 aliphatic carbocycles. The van der Waals surface area contributed by atoms with Crippen molar-refractivity contribution in [1.29, 1.82) is 0 Å². The van der Waals surface area contributed by atoms with E-state index in [1.165, 1.54) is 18.2 Å². The third-order valence-corrected chi connectivity index (χ3v) is 3.08. The summed E-state index contributed by atoms with van der Waals surface area (Å²) in [6, 6.07) is 4.10. The summed E-state index contributed by atoms with van der Waals surface area (Å²) in [7, 11) is 0. The van der Waals surface area contributed by atoms with Gasteiger partial charge < -0.3 is 10.2 Å². The average Bonchev–Trinajstić information content (AvgIpc) is 3.14. The Kier molecular flexibility index (Phi) is 13.0. The molecular weight excluding hydrogens is 411 g/mol. The van der Waals surface area contributed by atoms with Crippen molar-refractivity contribution in [2.75, 3.05) is 18.5 Å². The monoisotopic (exact) mass is 434 g/mol. The van der Waals surface area contributed by atoms with E-state index in [0.29, 0.717) is 12.2 Å². The first-order valence-electron chi connectivity index (χ1n) is 7.98. The highest BCUT2D eigenvalue weighted by Crippen LogP contribution is 2.23. The fourth-order valence-corrected chi connectivity index (χ4v) is 1.87. The molecule has 1 aromatic heterocycles. The largest absolute Gasteiger partial charge is 0.363 e. The fraction of sp³-hybridized carbons (Fsp3) is 0.400. The first-order valence-corrected chi connectivity index (χ1v) is 8.77. The van der Waals surface area contributed by atoms with Crippen molar-refractivity contribution in [1.82, 2.24) is 15.8 Å². The van der Waals surface area contributed by atoms with Crippen molar-refractivity contribution < 1.29 is 19.1 Å². The van der Waals surface area contributed by atoms with Gasteiger partial charge in [-0.3, -0.25) is 10.7 Å². The van der Waals surface area contributed by atoms with Crippen LogP contribution < -0.4 is 16.7 Å². The SMILES string of the molecule is CC.CC.NOCCNc1nonc1C(=Nc1ccc(F)c(Br)c1)NO. The number of hydrogen-bond donors (Lipinski definition) is 4. The maximum atomic E-state index is 13.2. The standard InChI is InChI=1S/C11H12BrFN6O3.2C2H6/c12-7-5-6(1-2-8(7)13)16-11(17-20)9-10(19-22-18-9)15-3-4-21-14;2*1-2/h1-2,5,20H,3-4,14H2,(H,15,19)(H,16,17);2*1-2H3. The molecule has 1 aromatic carbocycles. The molecule has 0 saturated carbocycles. The molecule has 2 rings (SSSR count). The molecule has 0 atom stereocenters. The molecule has 0 amide bonds. The molecule has 26 heavy (non-hydrogen) atoms. The van der Waals surface area contributed by atoms with Crippen LogP contribution in [0.4, 0.5) is 15.9 Å². The van der Waals surface area contributed by atoms with E-state index in [2.05, 4.69) is 46.0 Å². The first-order chi connectivity index (χ1) is 12.7. The van der Waals surface area contributed by atoms with Gasteiger partial charge in [-0.05, 0) is 44.4 Å². The number of nitrogens with one attached hydrogen (secondary N) is 2. The maximum Gasteiger partial charge on any atom is 0.202 e. The van der Waals surface area contributed by atoms with Crippen molar-refractivity contribution >= 4 is 33.3 Å². The van der Waals surface area contributed by atoms with Crippen LogP contribution in [0, 0.1) is 5.82 Å². The van der Waals surface area contributed by atoms with Crippen molar-refractivity contribution in [3.8, 4) is 0 Å². The van der Waals surface area contributed by atoms with Gasteiger partial charge in [0, 0.05) is 6.54 Å². The number of amidine groups is 1. The van der Waals surface area contributed by atoms with Crippen LogP contribution in [0.5, 0.6) is 0 Å². The number of aliphatic imine (C=N–C) groups is 1. The Morgan fingerprint density at radius 3 is 2.62 bits per heavy atom. The third-order valence-electron chi connectivity index (χ3n) is 2.48. The molecule has 2 aromatic rings. The number of nitrogens with two attached hydrogens (primary N) is 1. The van der Waals surface area contributed by atoms with Crippen molar-refractivity contribution in [3.63, 3.8) is 0 Å². The lowest BCUT2D eigenvalue weighted by atomic mass is 10.3. The molecular formula is C15H24BrFN6O3. The van der Waals surface area contributed by atoms with E-state index in [0.717, 1.165) is 0 Å². The molecule has 0 spiro atoms. The number of benzene rings is 1. The Morgan fingerprint density at radius 2 is 2.04 bits per heavy atom. The smallest absolute Gasteiger partial charge is 0.202 e. The number of anilines is 1. The summed E-state index contributed by atoms with van der Waals surface area (Å²) in [6.45, 7) is 8.58. The minimum atomic E-state index is -0.426. The zero-order valence-corrected chi connectivity index (χ0v) is 16.7. The second kappa shape index (κ2) is 14.1. The van der Waals surface area contributed by atoms with Gasteiger partial charge in [-0.25, -0.2) is 19.9 Å². The van der Waals surface area contributed by atoms with E-state index in [-0.39, 0.29) is 28.4 Å². The number of halogens is 2. The van der Waals surface area contributed by atoms with Gasteiger partial charge in [0.15, 0.2) is 11.5 Å². The molecule has 0 unspecified atom stereocenters. The van der Waals surface area contributed by atoms with Gasteiger partial charge in [0.1, 0.15) is 5.82 Å². The molecule has 0 saturated heterocycles. The van der Waals surface area contributed by atoms with Gasteiger partial charge in [-0.2, -0.15) is 0 Å². The molecule has 0 aliphatic heterocycles. The van der Waals surface area contributed by atoms with Gasteiger partial charge in [-0.15, -0.1) is 0 Å². The van der Waals surface area contributed by atoms with Crippen LogP contribution in [0.1, 0.15) is 33.4 Å². The van der Waals surface area contributed by atoms with Crippen molar-refractivity contribution in [2.45, 2.75) is 27.7 Å². The zero-order valence-electron chi connectivity index (χ0n) is 15.1. The van der Waals surface area contributed by atoms with Crippen LogP contribution in [0.25, 0.3) is 0 Å². The zero-order chi connectivity index (χ0) is 19.9. The second-order valence-electron chi connectivity index (χ2n) is 3.93. The van der Waals surface area contributed by atoms with Gasteiger partial charge in [-0.1, -0.05) is 27.7 Å². The van der Waals surface area contributed by atoms with Crippen LogP contribution in [-0.2, 0) is 4.84 Å². The number of nitrogens with zero attached hydrogens (tertiary/aromatic N) is 3. The van der Waals surface area contributed by atoms with Crippen LogP contribution >= 0.6 is 15.9 Å². The lowest BCUT2D eigenvalue weighted by molar-refractivity contribution is 0.148. The molecule has 1 heterocycles. The fourth-order valence-electron chi connectivity index (χ4n) is 1.50. The first kappa shape index (κ1) is 23.9. The molecule has 0 fully saturated rings. The van der Waals surface area contributed by atoms with Crippen LogP contribution in [-0.4, -0.2) is 34.5 Å². The number of rotatable bonds is 6. The summed E-state index contributed by atoms with van der Waals surface area (Å²) < 4.78 is 18.0. The summed E-state index contributed by atoms with van der Waals surface area (Å²) in [5, 5.41) is 19.4. The molecule has 0 radical (unpaired) electrons. The van der Waals surface area contributed by atoms with Crippen LogP contribution in [0.3, 0.4) is 0 Å².